The van der Waals surface area contributed by atoms with E-state index in [9.17, 15) is 18.4 Å². The van der Waals surface area contributed by atoms with Gasteiger partial charge in [-0.25, -0.2) is 13.8 Å². The number of aryl methyl sites for hydroxylation is 1. The lowest BCUT2D eigenvalue weighted by molar-refractivity contribution is 0.0701. The molecule has 4 heterocycles. The van der Waals surface area contributed by atoms with Crippen molar-refractivity contribution < 1.29 is 18.3 Å². The van der Waals surface area contributed by atoms with Gasteiger partial charge in [-0.15, -0.1) is 0 Å². The zero-order chi connectivity index (χ0) is 28.0. The Morgan fingerprint density at radius 3 is 2.50 bits per heavy atom. The maximum absolute atomic E-state index is 14.4. The molecule has 0 spiro atoms. The van der Waals surface area contributed by atoms with Crippen molar-refractivity contribution in [2.24, 2.45) is 5.73 Å². The number of nitrogens with two attached hydrogens (primary N) is 1. The molecule has 40 heavy (non-hydrogen) atoms. The second kappa shape index (κ2) is 10.4. The first kappa shape index (κ1) is 26.1. The van der Waals surface area contributed by atoms with Crippen molar-refractivity contribution in [3.05, 3.63) is 76.0 Å². The molecule has 0 saturated carbocycles. The number of para-hydroxylation sites is 1. The van der Waals surface area contributed by atoms with E-state index >= 15 is 0 Å². The molecule has 2 aliphatic rings. The van der Waals surface area contributed by atoms with Crippen molar-refractivity contribution in [3.8, 4) is 5.69 Å². The number of benzene rings is 2. The number of ether oxygens (including phenoxy) is 1. The zero-order valence-corrected chi connectivity index (χ0v) is 21.9. The number of anilines is 2. The van der Waals surface area contributed by atoms with Gasteiger partial charge in [0.15, 0.2) is 11.6 Å². The van der Waals surface area contributed by atoms with Gasteiger partial charge in [0, 0.05) is 44.5 Å². The van der Waals surface area contributed by atoms with Crippen molar-refractivity contribution in [2.75, 3.05) is 36.5 Å². The molecule has 208 valence electrons. The molecule has 1 atom stereocenters. The minimum absolute atomic E-state index is 0.0154. The van der Waals surface area contributed by atoms with Gasteiger partial charge in [-0.1, -0.05) is 6.07 Å². The number of amides is 1. The topological polar surface area (TPSA) is 120 Å². The fourth-order valence-electron chi connectivity index (χ4n) is 5.65. The Morgan fingerprint density at radius 1 is 1.05 bits per heavy atom. The number of aromatic nitrogens is 4. The van der Waals surface area contributed by atoms with Gasteiger partial charge in [0.1, 0.15) is 22.7 Å². The second-order valence-electron chi connectivity index (χ2n) is 10.2. The van der Waals surface area contributed by atoms with Crippen LogP contribution < -0.4 is 21.5 Å². The van der Waals surface area contributed by atoms with Crippen LogP contribution in [-0.2, 0) is 4.74 Å². The minimum Gasteiger partial charge on any atom is -0.381 e. The number of nitrogens with zero attached hydrogens (tertiary/aromatic N) is 5. The molecule has 2 aliphatic heterocycles. The number of fused-ring (bicyclic) bond motifs is 1. The highest BCUT2D eigenvalue weighted by Crippen LogP contribution is 2.39. The van der Waals surface area contributed by atoms with Crippen LogP contribution in [-0.4, -0.2) is 57.6 Å². The first-order valence-corrected chi connectivity index (χ1v) is 13.3. The third kappa shape index (κ3) is 4.62. The van der Waals surface area contributed by atoms with Crippen molar-refractivity contribution in [2.45, 2.75) is 38.3 Å². The largest absolute Gasteiger partial charge is 0.381 e. The van der Waals surface area contributed by atoms with Crippen molar-refractivity contribution in [1.29, 1.82) is 0 Å². The molecule has 2 aromatic heterocycles. The summed E-state index contributed by atoms with van der Waals surface area (Å²) in [7, 11) is 0. The number of imidazole rings is 1. The van der Waals surface area contributed by atoms with E-state index in [0.29, 0.717) is 36.7 Å². The summed E-state index contributed by atoms with van der Waals surface area (Å²) >= 11 is 0. The average Bonchev–Trinajstić information content (AvgIpc) is 3.51. The van der Waals surface area contributed by atoms with Crippen LogP contribution in [0.2, 0.25) is 0 Å². The summed E-state index contributed by atoms with van der Waals surface area (Å²) in [5.74, 6) is -1.72. The van der Waals surface area contributed by atoms with Gasteiger partial charge in [0.25, 0.3) is 11.5 Å². The van der Waals surface area contributed by atoms with E-state index < -0.39 is 28.8 Å². The maximum atomic E-state index is 14.4. The molecule has 2 aromatic carbocycles. The van der Waals surface area contributed by atoms with Gasteiger partial charge in [0.05, 0.1) is 16.9 Å². The molecule has 6 rings (SSSR count). The van der Waals surface area contributed by atoms with Crippen LogP contribution in [0.4, 0.5) is 20.2 Å². The lowest BCUT2D eigenvalue weighted by atomic mass is 10.1. The summed E-state index contributed by atoms with van der Waals surface area (Å²) in [5, 5.41) is 6.88. The van der Waals surface area contributed by atoms with Gasteiger partial charge in [0.2, 0.25) is 0 Å². The molecule has 0 aliphatic carbocycles. The molecular weight excluding hydrogens is 520 g/mol. The Bertz CT molecular complexity index is 1640. The van der Waals surface area contributed by atoms with Gasteiger partial charge in [-0.05, 0) is 56.5 Å². The first-order valence-electron chi connectivity index (χ1n) is 13.3. The van der Waals surface area contributed by atoms with Crippen LogP contribution in [0, 0.1) is 18.6 Å². The highest BCUT2D eigenvalue weighted by molar-refractivity contribution is 6.08. The van der Waals surface area contributed by atoms with Gasteiger partial charge in [-0.3, -0.25) is 9.59 Å². The van der Waals surface area contributed by atoms with Crippen molar-refractivity contribution in [1.82, 2.24) is 19.3 Å². The Balaban J connectivity index is 1.41. The van der Waals surface area contributed by atoms with Crippen LogP contribution in [0.3, 0.4) is 0 Å². The quantitative estimate of drug-likeness (QED) is 0.392. The number of carbonyl (C=O) groups excluding carboxylic acids is 1. The van der Waals surface area contributed by atoms with Crippen LogP contribution in [0.25, 0.3) is 16.7 Å². The van der Waals surface area contributed by atoms with E-state index in [1.165, 1.54) is 12.1 Å². The van der Waals surface area contributed by atoms with Gasteiger partial charge < -0.3 is 25.3 Å². The molecule has 1 amide bonds. The number of nitrogens with one attached hydrogen (secondary N) is 1. The highest BCUT2D eigenvalue weighted by Gasteiger charge is 2.28. The fourth-order valence-corrected chi connectivity index (χ4v) is 5.65. The van der Waals surface area contributed by atoms with Crippen LogP contribution in [0.5, 0.6) is 0 Å². The molecule has 3 N–H and O–H groups in total. The average molecular weight is 550 g/mol. The van der Waals surface area contributed by atoms with Crippen LogP contribution in [0.1, 0.15) is 41.6 Å². The third-order valence-electron chi connectivity index (χ3n) is 7.54. The maximum Gasteiger partial charge on any atom is 0.276 e. The lowest BCUT2D eigenvalue weighted by Crippen LogP contribution is -2.28. The number of halogens is 2. The molecule has 10 nitrogen and oxygen atoms in total. The first-order chi connectivity index (χ1) is 19.3. The molecule has 0 radical (unpaired) electrons. The minimum atomic E-state index is -0.972. The Hall–Kier alpha value is -4.16. The fraction of sp³-hybridized carbons (Fsp3) is 0.357. The SMILES string of the molecule is Cc1nc2c(N3CC[C@H](N)C3)c(NC(=O)c3ccc(=O)n(-c4c(F)cccc4F)n3)ccc2n1C1CCOCC1. The summed E-state index contributed by atoms with van der Waals surface area (Å²) < 4.78 is 37.2. The second-order valence-corrected chi connectivity index (χ2v) is 10.2. The summed E-state index contributed by atoms with van der Waals surface area (Å²) in [6.45, 7) is 4.65. The van der Waals surface area contributed by atoms with E-state index in [0.717, 1.165) is 60.0 Å². The van der Waals surface area contributed by atoms with Gasteiger partial charge >= 0.3 is 0 Å². The lowest BCUT2D eigenvalue weighted by Gasteiger charge is -2.26. The van der Waals surface area contributed by atoms with Crippen LogP contribution in [0.15, 0.2) is 47.3 Å². The predicted molar refractivity (Wildman–Crippen MR) is 146 cm³/mol. The number of hydrogen-bond donors (Lipinski definition) is 2. The molecule has 4 aromatic rings. The number of carbonyl (C=O) groups is 1. The third-order valence-corrected chi connectivity index (χ3v) is 7.54. The molecular formula is C28H29F2N7O3. The van der Waals surface area contributed by atoms with Crippen LogP contribution >= 0.6 is 0 Å². The Labute approximate surface area is 228 Å². The van der Waals surface area contributed by atoms with E-state index in [-0.39, 0.29) is 17.8 Å². The van der Waals surface area contributed by atoms with E-state index in [2.05, 4.69) is 19.9 Å². The molecule has 2 fully saturated rings. The molecule has 0 unspecified atom stereocenters. The molecule has 12 heteroatoms. The Morgan fingerprint density at radius 2 is 1.80 bits per heavy atom. The normalized spacial score (nSPS) is 18.0. The Kier molecular flexibility index (Phi) is 6.80. The zero-order valence-electron chi connectivity index (χ0n) is 21.9. The highest BCUT2D eigenvalue weighted by atomic mass is 19.1. The monoisotopic (exact) mass is 549 g/mol. The number of hydrogen-bond acceptors (Lipinski definition) is 7. The molecule has 0 bridgehead atoms. The van der Waals surface area contributed by atoms with Crippen molar-refractivity contribution >= 4 is 28.3 Å². The van der Waals surface area contributed by atoms with Crippen molar-refractivity contribution in [3.63, 3.8) is 0 Å². The summed E-state index contributed by atoms with van der Waals surface area (Å²) in [6.07, 6.45) is 2.57. The predicted octanol–water partition coefficient (Wildman–Crippen LogP) is 3.31. The standard InChI is InChI=1S/C28H29F2N7O3/c1-16-32-25-23(36(16)18-10-13-40-14-11-18)7-5-21(27(25)35-12-9-17(31)15-35)33-28(39)22-6-8-24(38)37(34-22)26-19(29)3-2-4-20(26)30/h2-8,17-18H,9-15,31H2,1H3,(H,33,39)/t17-/m0/s1. The summed E-state index contributed by atoms with van der Waals surface area (Å²) in [6, 6.07) is 9.49. The van der Waals surface area contributed by atoms with E-state index in [4.69, 9.17) is 15.5 Å². The summed E-state index contributed by atoms with van der Waals surface area (Å²) in [4.78, 5) is 32.9. The molecule has 2 saturated heterocycles. The number of rotatable bonds is 5. The smallest absolute Gasteiger partial charge is 0.276 e. The summed E-state index contributed by atoms with van der Waals surface area (Å²) in [5.41, 5.74) is 7.59. The van der Waals surface area contributed by atoms with E-state index in [1.54, 1.807) is 0 Å². The van der Waals surface area contributed by atoms with Gasteiger partial charge in [-0.2, -0.15) is 9.78 Å². The van der Waals surface area contributed by atoms with E-state index in [1.807, 2.05) is 19.1 Å².